The van der Waals surface area contributed by atoms with Crippen LogP contribution in [0.5, 0.6) is 0 Å². The van der Waals surface area contributed by atoms with Crippen LogP contribution in [0.15, 0.2) is 23.2 Å². The predicted octanol–water partition coefficient (Wildman–Crippen LogP) is 3.13. The van der Waals surface area contributed by atoms with E-state index in [-0.39, 0.29) is 35.9 Å². The van der Waals surface area contributed by atoms with Crippen molar-refractivity contribution >= 4 is 35.6 Å². The zero-order valence-electron chi connectivity index (χ0n) is 15.3. The summed E-state index contributed by atoms with van der Waals surface area (Å²) >= 11 is 0. The second kappa shape index (κ2) is 11.5. The Morgan fingerprint density at radius 1 is 1.32 bits per heavy atom. The molecule has 1 aromatic rings. The molecule has 0 spiro atoms. The van der Waals surface area contributed by atoms with E-state index in [2.05, 4.69) is 15.6 Å². The zero-order valence-corrected chi connectivity index (χ0v) is 17.7. The van der Waals surface area contributed by atoms with Crippen molar-refractivity contribution in [3.63, 3.8) is 0 Å². The van der Waals surface area contributed by atoms with E-state index in [1.165, 1.54) is 0 Å². The van der Waals surface area contributed by atoms with Crippen molar-refractivity contribution in [2.75, 3.05) is 38.2 Å². The molecule has 1 aliphatic heterocycles. The number of nitrogens with one attached hydrogen (secondary N) is 2. The van der Waals surface area contributed by atoms with E-state index in [9.17, 15) is 4.39 Å². The van der Waals surface area contributed by atoms with Crippen molar-refractivity contribution in [3.8, 4) is 0 Å². The quantitative estimate of drug-likeness (QED) is 0.370. The normalized spacial score (nSPS) is 17.1. The maximum absolute atomic E-state index is 14.3. The van der Waals surface area contributed by atoms with Gasteiger partial charge in [0.1, 0.15) is 5.82 Å². The summed E-state index contributed by atoms with van der Waals surface area (Å²) in [6.07, 6.45) is 2.47. The first-order valence-electron chi connectivity index (χ1n) is 8.77. The third-order valence-corrected chi connectivity index (χ3v) is 4.32. The average Bonchev–Trinajstić information content (AvgIpc) is 3.11. The molecule has 7 heteroatoms. The van der Waals surface area contributed by atoms with Crippen molar-refractivity contribution in [1.29, 1.82) is 0 Å². The van der Waals surface area contributed by atoms with Gasteiger partial charge in [-0.2, -0.15) is 0 Å². The van der Waals surface area contributed by atoms with Crippen molar-refractivity contribution in [1.82, 2.24) is 10.6 Å². The fraction of sp³-hybridized carbons (Fsp3) is 0.611. The highest BCUT2D eigenvalue weighted by atomic mass is 127. The van der Waals surface area contributed by atoms with Crippen molar-refractivity contribution in [3.05, 3.63) is 29.6 Å². The van der Waals surface area contributed by atoms with Gasteiger partial charge in [-0.1, -0.05) is 6.07 Å². The summed E-state index contributed by atoms with van der Waals surface area (Å²) in [5, 5.41) is 6.47. The van der Waals surface area contributed by atoms with Crippen LogP contribution >= 0.6 is 24.0 Å². The van der Waals surface area contributed by atoms with E-state index in [4.69, 9.17) is 4.74 Å². The van der Waals surface area contributed by atoms with Crippen LogP contribution in [0.4, 0.5) is 10.1 Å². The Labute approximate surface area is 167 Å². The van der Waals surface area contributed by atoms with Crippen LogP contribution in [0.1, 0.15) is 32.3 Å². The molecule has 25 heavy (non-hydrogen) atoms. The topological polar surface area (TPSA) is 48.9 Å². The molecule has 0 radical (unpaired) electrons. The van der Waals surface area contributed by atoms with Gasteiger partial charge in [0, 0.05) is 39.8 Å². The van der Waals surface area contributed by atoms with Gasteiger partial charge >= 0.3 is 0 Å². The van der Waals surface area contributed by atoms with E-state index in [0.29, 0.717) is 18.2 Å². The number of halogens is 2. The average molecular weight is 464 g/mol. The molecule has 0 amide bonds. The second-order valence-corrected chi connectivity index (χ2v) is 5.90. The SMILES string of the molecule is CCN(CC)c1ccc(CNC(=NC)NCC2CCCO2)cc1F.I. The minimum atomic E-state index is -0.180. The molecular weight excluding hydrogens is 434 g/mol. The maximum Gasteiger partial charge on any atom is 0.191 e. The van der Waals surface area contributed by atoms with E-state index in [0.717, 1.165) is 44.6 Å². The van der Waals surface area contributed by atoms with Gasteiger partial charge in [-0.3, -0.25) is 4.99 Å². The molecule has 5 nitrogen and oxygen atoms in total. The Hall–Kier alpha value is -1.09. The predicted molar refractivity (Wildman–Crippen MR) is 113 cm³/mol. The van der Waals surface area contributed by atoms with Gasteiger partial charge in [0.25, 0.3) is 0 Å². The number of anilines is 1. The van der Waals surface area contributed by atoms with Gasteiger partial charge < -0.3 is 20.3 Å². The van der Waals surface area contributed by atoms with Crippen molar-refractivity contribution in [2.24, 2.45) is 4.99 Å². The Kier molecular flexibility index (Phi) is 10.1. The number of hydrogen-bond donors (Lipinski definition) is 2. The molecule has 142 valence electrons. The first kappa shape index (κ1) is 22.0. The third-order valence-electron chi connectivity index (χ3n) is 4.32. The Balaban J connectivity index is 0.00000312. The van der Waals surface area contributed by atoms with E-state index < -0.39 is 0 Å². The first-order valence-corrected chi connectivity index (χ1v) is 8.77. The molecule has 1 unspecified atom stereocenters. The highest BCUT2D eigenvalue weighted by molar-refractivity contribution is 14.0. The number of rotatable bonds is 7. The van der Waals surface area contributed by atoms with E-state index >= 15 is 0 Å². The van der Waals surface area contributed by atoms with Crippen LogP contribution in [0.3, 0.4) is 0 Å². The number of nitrogens with zero attached hydrogens (tertiary/aromatic N) is 2. The molecule has 0 aliphatic carbocycles. The van der Waals surface area contributed by atoms with Crippen LogP contribution < -0.4 is 15.5 Å². The van der Waals surface area contributed by atoms with Gasteiger partial charge in [0.2, 0.25) is 0 Å². The van der Waals surface area contributed by atoms with Crippen LogP contribution in [-0.4, -0.2) is 45.4 Å². The summed E-state index contributed by atoms with van der Waals surface area (Å²) in [4.78, 5) is 6.20. The molecule has 1 fully saturated rings. The van der Waals surface area contributed by atoms with Crippen LogP contribution in [0, 0.1) is 5.82 Å². The first-order chi connectivity index (χ1) is 11.7. The van der Waals surface area contributed by atoms with Gasteiger partial charge in [0.05, 0.1) is 11.8 Å². The Morgan fingerprint density at radius 2 is 2.08 bits per heavy atom. The van der Waals surface area contributed by atoms with Gasteiger partial charge in [-0.25, -0.2) is 4.39 Å². The highest BCUT2D eigenvalue weighted by Gasteiger charge is 2.15. The lowest BCUT2D eigenvalue weighted by Gasteiger charge is -2.22. The lowest BCUT2D eigenvalue weighted by atomic mass is 10.2. The molecule has 1 aromatic carbocycles. The number of guanidine groups is 1. The number of benzene rings is 1. The molecule has 0 bridgehead atoms. The fourth-order valence-electron chi connectivity index (χ4n) is 2.90. The smallest absolute Gasteiger partial charge is 0.191 e. The molecule has 0 saturated carbocycles. The third kappa shape index (κ3) is 6.62. The molecule has 1 atom stereocenters. The zero-order chi connectivity index (χ0) is 17.4. The maximum atomic E-state index is 14.3. The minimum Gasteiger partial charge on any atom is -0.376 e. The summed E-state index contributed by atoms with van der Waals surface area (Å²) in [6.45, 7) is 7.77. The highest BCUT2D eigenvalue weighted by Crippen LogP contribution is 2.20. The minimum absolute atomic E-state index is 0. The Bertz CT molecular complexity index is 546. The number of ether oxygens (including phenoxy) is 1. The number of aliphatic imine (C=N–C) groups is 1. The standard InChI is InChI=1S/C18H29FN4O.HI/c1-4-23(5-2)17-9-8-14(11-16(17)19)12-21-18(20-3)22-13-15-7-6-10-24-15;/h8-9,11,15H,4-7,10,12-13H2,1-3H3,(H2,20,21,22);1H. The summed E-state index contributed by atoms with van der Waals surface area (Å²) in [5.41, 5.74) is 1.55. The lowest BCUT2D eigenvalue weighted by molar-refractivity contribution is 0.114. The summed E-state index contributed by atoms with van der Waals surface area (Å²) in [6, 6.07) is 5.40. The molecule has 1 aliphatic rings. The molecule has 2 N–H and O–H groups in total. The van der Waals surface area contributed by atoms with Gasteiger partial charge in [-0.15, -0.1) is 24.0 Å². The van der Waals surface area contributed by atoms with Crippen LogP contribution in [0.2, 0.25) is 0 Å². The molecular formula is C18H30FIN4O. The van der Waals surface area contributed by atoms with E-state index in [1.54, 1.807) is 13.1 Å². The summed E-state index contributed by atoms with van der Waals surface area (Å²) in [5.74, 6) is 0.527. The molecule has 0 aromatic heterocycles. The summed E-state index contributed by atoms with van der Waals surface area (Å²) in [7, 11) is 1.73. The summed E-state index contributed by atoms with van der Waals surface area (Å²) < 4.78 is 19.9. The molecule has 2 rings (SSSR count). The van der Waals surface area contributed by atoms with E-state index in [1.807, 2.05) is 30.9 Å². The molecule has 1 saturated heterocycles. The second-order valence-electron chi connectivity index (χ2n) is 5.90. The van der Waals surface area contributed by atoms with Crippen LogP contribution in [0.25, 0.3) is 0 Å². The monoisotopic (exact) mass is 464 g/mol. The molecule has 1 heterocycles. The van der Waals surface area contributed by atoms with Gasteiger partial charge in [0.15, 0.2) is 5.96 Å². The number of hydrogen-bond acceptors (Lipinski definition) is 3. The van der Waals surface area contributed by atoms with Crippen LogP contribution in [-0.2, 0) is 11.3 Å². The van der Waals surface area contributed by atoms with Gasteiger partial charge in [-0.05, 0) is 44.4 Å². The van der Waals surface area contributed by atoms with Crippen molar-refractivity contribution in [2.45, 2.75) is 39.3 Å². The largest absolute Gasteiger partial charge is 0.376 e. The fourth-order valence-corrected chi connectivity index (χ4v) is 2.90. The Morgan fingerprint density at radius 3 is 2.64 bits per heavy atom. The van der Waals surface area contributed by atoms with Crippen molar-refractivity contribution < 1.29 is 9.13 Å². The lowest BCUT2D eigenvalue weighted by Crippen LogP contribution is -2.40.